The number of phenolic OH excluding ortho intramolecular Hbond substituents is 1. The van der Waals surface area contributed by atoms with Crippen LogP contribution in [-0.2, 0) is 0 Å². The molecule has 0 aliphatic rings. The van der Waals surface area contributed by atoms with Crippen LogP contribution in [0, 0.1) is 6.92 Å². The highest BCUT2D eigenvalue weighted by atomic mass is 16.5. The number of hydrogen-bond donors (Lipinski definition) is 2. The summed E-state index contributed by atoms with van der Waals surface area (Å²) in [5.74, 6) is 1.95. The Kier molecular flexibility index (Phi) is 5.54. The lowest BCUT2D eigenvalue weighted by molar-refractivity contribution is 0.338. The first kappa shape index (κ1) is 19.3. The number of aromatic hydroxyl groups is 1. The number of hydrogen-bond acceptors (Lipinski definition) is 7. The number of methoxy groups -OCH3 is 2. The molecule has 0 saturated carbocycles. The topological polar surface area (TPSA) is 99.7 Å². The fourth-order valence-corrected chi connectivity index (χ4v) is 3.09. The van der Waals surface area contributed by atoms with Crippen LogP contribution in [0.1, 0.15) is 12.6 Å². The molecule has 0 radical (unpaired) electrons. The first-order valence-electron chi connectivity index (χ1n) is 8.81. The second-order valence-corrected chi connectivity index (χ2v) is 6.07. The number of benzene rings is 2. The Balaban J connectivity index is 2.22. The maximum atomic E-state index is 10.6. The average Bonchev–Trinajstić information content (AvgIpc) is 2.67. The van der Waals surface area contributed by atoms with Crippen molar-refractivity contribution in [3.8, 4) is 45.4 Å². The fourth-order valence-electron chi connectivity index (χ4n) is 3.09. The first-order chi connectivity index (χ1) is 13.5. The molecular weight excluding hydrogens is 358 g/mol. The van der Waals surface area contributed by atoms with E-state index in [2.05, 4.69) is 9.97 Å². The van der Waals surface area contributed by atoms with E-state index in [-0.39, 0.29) is 11.7 Å². The van der Waals surface area contributed by atoms with Gasteiger partial charge in [-0.25, -0.2) is 9.97 Å². The molecule has 0 saturated heterocycles. The van der Waals surface area contributed by atoms with Gasteiger partial charge < -0.3 is 25.1 Å². The minimum Gasteiger partial charge on any atom is -0.507 e. The van der Waals surface area contributed by atoms with Gasteiger partial charge >= 0.3 is 0 Å². The zero-order valence-electron chi connectivity index (χ0n) is 16.3. The van der Waals surface area contributed by atoms with E-state index in [4.69, 9.17) is 19.9 Å². The number of phenols is 1. The monoisotopic (exact) mass is 381 g/mol. The van der Waals surface area contributed by atoms with E-state index in [1.54, 1.807) is 32.4 Å². The van der Waals surface area contributed by atoms with Crippen molar-refractivity contribution in [1.82, 2.24) is 9.97 Å². The molecule has 0 aliphatic heterocycles. The van der Waals surface area contributed by atoms with Crippen LogP contribution < -0.4 is 19.9 Å². The van der Waals surface area contributed by atoms with Gasteiger partial charge in [-0.3, -0.25) is 0 Å². The summed E-state index contributed by atoms with van der Waals surface area (Å²) in [6.07, 6.45) is 0. The van der Waals surface area contributed by atoms with E-state index in [0.717, 1.165) is 11.1 Å². The Hall–Kier alpha value is -3.48. The molecule has 2 aromatic carbocycles. The predicted octanol–water partition coefficient (Wildman–Crippen LogP) is 3.82. The minimum atomic E-state index is 0.0465. The largest absolute Gasteiger partial charge is 0.507 e. The lowest BCUT2D eigenvalue weighted by atomic mass is 9.97. The smallest absolute Gasteiger partial charge is 0.220 e. The van der Waals surface area contributed by atoms with E-state index in [0.29, 0.717) is 40.8 Å². The third kappa shape index (κ3) is 3.64. The molecule has 0 spiro atoms. The highest BCUT2D eigenvalue weighted by Crippen LogP contribution is 2.41. The summed E-state index contributed by atoms with van der Waals surface area (Å²) in [6, 6.07) is 10.6. The third-order valence-corrected chi connectivity index (χ3v) is 4.31. The molecule has 0 unspecified atom stereocenters. The number of nitrogens with zero attached hydrogens (tertiary/aromatic N) is 2. The van der Waals surface area contributed by atoms with Gasteiger partial charge in [-0.1, -0.05) is 6.07 Å². The highest BCUT2D eigenvalue weighted by Gasteiger charge is 2.19. The number of aryl methyl sites for hydroxylation is 1. The molecule has 0 atom stereocenters. The van der Waals surface area contributed by atoms with E-state index in [9.17, 15) is 5.11 Å². The van der Waals surface area contributed by atoms with Gasteiger partial charge in [0.25, 0.3) is 0 Å². The fraction of sp³-hybridized carbons (Fsp3) is 0.238. The van der Waals surface area contributed by atoms with Gasteiger partial charge in [-0.15, -0.1) is 0 Å². The van der Waals surface area contributed by atoms with Crippen molar-refractivity contribution in [2.75, 3.05) is 26.6 Å². The normalized spacial score (nSPS) is 10.6. The number of aromatic nitrogens is 2. The highest BCUT2D eigenvalue weighted by molar-refractivity contribution is 5.86. The summed E-state index contributed by atoms with van der Waals surface area (Å²) in [4.78, 5) is 8.71. The Morgan fingerprint density at radius 2 is 1.75 bits per heavy atom. The molecule has 146 valence electrons. The van der Waals surface area contributed by atoms with Gasteiger partial charge in [0.1, 0.15) is 11.5 Å². The van der Waals surface area contributed by atoms with E-state index >= 15 is 0 Å². The van der Waals surface area contributed by atoms with Gasteiger partial charge in [0.2, 0.25) is 5.95 Å². The minimum absolute atomic E-state index is 0.0465. The molecule has 0 bridgehead atoms. The van der Waals surface area contributed by atoms with Gasteiger partial charge in [0, 0.05) is 17.2 Å². The standard InChI is InChI=1S/C21H23N3O4/c1-5-28-14-7-8-15(16(25)11-14)20-19(12(2)23-21(22)24-20)13-6-9-17(26-3)18(10-13)27-4/h6-11,25H,5H2,1-4H3,(H2,22,23,24). The average molecular weight is 381 g/mol. The second-order valence-electron chi connectivity index (χ2n) is 6.07. The van der Waals surface area contributed by atoms with E-state index in [1.807, 2.05) is 32.0 Å². The van der Waals surface area contributed by atoms with Crippen molar-refractivity contribution in [1.29, 1.82) is 0 Å². The van der Waals surface area contributed by atoms with Crippen LogP contribution in [0.5, 0.6) is 23.0 Å². The van der Waals surface area contributed by atoms with Crippen molar-refractivity contribution in [3.63, 3.8) is 0 Å². The van der Waals surface area contributed by atoms with Crippen LogP contribution in [0.4, 0.5) is 5.95 Å². The Labute approximate surface area is 163 Å². The van der Waals surface area contributed by atoms with Gasteiger partial charge in [-0.2, -0.15) is 0 Å². The van der Waals surface area contributed by atoms with Crippen molar-refractivity contribution in [2.45, 2.75) is 13.8 Å². The molecule has 3 rings (SSSR count). The Morgan fingerprint density at radius 1 is 1.00 bits per heavy atom. The van der Waals surface area contributed by atoms with Crippen molar-refractivity contribution in [3.05, 3.63) is 42.1 Å². The molecule has 3 N–H and O–H groups in total. The van der Waals surface area contributed by atoms with Crippen LogP contribution in [0.3, 0.4) is 0 Å². The molecule has 7 nitrogen and oxygen atoms in total. The zero-order chi connectivity index (χ0) is 20.3. The maximum absolute atomic E-state index is 10.6. The molecule has 28 heavy (non-hydrogen) atoms. The van der Waals surface area contributed by atoms with Gasteiger partial charge in [-0.05, 0) is 43.7 Å². The maximum Gasteiger partial charge on any atom is 0.220 e. The van der Waals surface area contributed by atoms with Crippen LogP contribution in [0.25, 0.3) is 22.4 Å². The Bertz CT molecular complexity index is 1010. The van der Waals surface area contributed by atoms with Crippen LogP contribution >= 0.6 is 0 Å². The number of rotatable bonds is 6. The summed E-state index contributed by atoms with van der Waals surface area (Å²) < 4.78 is 16.2. The molecule has 0 fully saturated rings. The molecule has 1 heterocycles. The summed E-state index contributed by atoms with van der Waals surface area (Å²) in [5.41, 5.74) is 9.20. The number of anilines is 1. The predicted molar refractivity (Wildman–Crippen MR) is 108 cm³/mol. The SMILES string of the molecule is CCOc1ccc(-c2nc(N)nc(C)c2-c2ccc(OC)c(OC)c2)c(O)c1. The molecule has 0 amide bonds. The van der Waals surface area contributed by atoms with Crippen LogP contribution in [0.15, 0.2) is 36.4 Å². The van der Waals surface area contributed by atoms with Crippen LogP contribution in [-0.4, -0.2) is 35.9 Å². The number of ether oxygens (including phenoxy) is 3. The van der Waals surface area contributed by atoms with Crippen LogP contribution in [0.2, 0.25) is 0 Å². The zero-order valence-corrected chi connectivity index (χ0v) is 16.3. The second kappa shape index (κ2) is 8.04. The number of nitrogens with two attached hydrogens (primary N) is 1. The summed E-state index contributed by atoms with van der Waals surface area (Å²) in [7, 11) is 3.16. The van der Waals surface area contributed by atoms with Crippen molar-refractivity contribution in [2.24, 2.45) is 0 Å². The Morgan fingerprint density at radius 3 is 2.39 bits per heavy atom. The van der Waals surface area contributed by atoms with E-state index in [1.165, 1.54) is 0 Å². The van der Waals surface area contributed by atoms with Gasteiger partial charge in [0.05, 0.1) is 32.2 Å². The molecule has 7 heteroatoms. The third-order valence-electron chi connectivity index (χ3n) is 4.31. The van der Waals surface area contributed by atoms with Crippen molar-refractivity contribution < 1.29 is 19.3 Å². The van der Waals surface area contributed by atoms with E-state index < -0.39 is 0 Å². The molecule has 1 aromatic heterocycles. The lowest BCUT2D eigenvalue weighted by Crippen LogP contribution is -2.03. The molecule has 0 aliphatic carbocycles. The number of nitrogen functional groups attached to an aromatic ring is 1. The van der Waals surface area contributed by atoms with Crippen molar-refractivity contribution >= 4 is 5.95 Å². The summed E-state index contributed by atoms with van der Waals surface area (Å²) >= 11 is 0. The quantitative estimate of drug-likeness (QED) is 0.669. The summed E-state index contributed by atoms with van der Waals surface area (Å²) in [5, 5.41) is 10.6. The molecular formula is C21H23N3O4. The molecule has 3 aromatic rings. The lowest BCUT2D eigenvalue weighted by Gasteiger charge is -2.16. The van der Waals surface area contributed by atoms with Gasteiger partial charge in [0.15, 0.2) is 11.5 Å². The first-order valence-corrected chi connectivity index (χ1v) is 8.81. The summed E-state index contributed by atoms with van der Waals surface area (Å²) in [6.45, 7) is 4.24.